The summed E-state index contributed by atoms with van der Waals surface area (Å²) in [6, 6.07) is 8.83. The summed E-state index contributed by atoms with van der Waals surface area (Å²) in [6.07, 6.45) is 3.95. The Morgan fingerprint density at radius 2 is 1.47 bits per heavy atom. The molecule has 0 heterocycles. The Bertz CT molecular complexity index is 250. The van der Waals surface area contributed by atoms with E-state index in [4.69, 9.17) is 0 Å². The van der Waals surface area contributed by atoms with Crippen LogP contribution in [0.5, 0.6) is 0 Å². The molecular weight excluding hydrogens is 180 g/mol. The second kappa shape index (κ2) is 8.52. The van der Waals surface area contributed by atoms with Crippen molar-refractivity contribution >= 4 is 0 Å². The molecule has 0 spiro atoms. The standard InChI is InChI=1S/C11H14.2C2H6/c1-9-6-7-10-4-2-3-5-11(10)8-9;2*1-2/h2-5,9H,6-8H2,1H3;2*1-2H3/t9-;;/m0../s1. The van der Waals surface area contributed by atoms with Gasteiger partial charge in [-0.15, -0.1) is 0 Å². The quantitative estimate of drug-likeness (QED) is 0.568. The predicted molar refractivity (Wildman–Crippen MR) is 70.3 cm³/mol. The molecule has 0 radical (unpaired) electrons. The van der Waals surface area contributed by atoms with Crippen molar-refractivity contribution in [3.63, 3.8) is 0 Å². The van der Waals surface area contributed by atoms with Crippen molar-refractivity contribution in [2.24, 2.45) is 5.92 Å². The SMILES string of the molecule is CC.CC.C[C@H]1CCc2ccccc2C1. The average Bonchev–Trinajstić information content (AvgIpc) is 2.34. The van der Waals surface area contributed by atoms with Gasteiger partial charge in [0.1, 0.15) is 0 Å². The fraction of sp³-hybridized carbons (Fsp3) is 0.600. The Kier molecular flexibility index (Phi) is 8.08. The molecule has 0 saturated carbocycles. The first-order valence-corrected chi connectivity index (χ1v) is 6.43. The molecule has 0 aliphatic heterocycles. The third-order valence-electron chi connectivity index (χ3n) is 2.59. The van der Waals surface area contributed by atoms with Gasteiger partial charge in [0.05, 0.1) is 0 Å². The Balaban J connectivity index is 0.000000442. The van der Waals surface area contributed by atoms with Crippen molar-refractivity contribution in [3.05, 3.63) is 35.4 Å². The number of hydrogen-bond donors (Lipinski definition) is 0. The molecule has 1 aromatic rings. The van der Waals surface area contributed by atoms with E-state index in [-0.39, 0.29) is 0 Å². The van der Waals surface area contributed by atoms with Crippen LogP contribution in [0.2, 0.25) is 0 Å². The van der Waals surface area contributed by atoms with Crippen molar-refractivity contribution in [2.45, 2.75) is 53.9 Å². The van der Waals surface area contributed by atoms with Gasteiger partial charge in [-0.05, 0) is 36.3 Å². The fourth-order valence-electron chi connectivity index (χ4n) is 1.88. The largest absolute Gasteiger partial charge is 0.0683 e. The van der Waals surface area contributed by atoms with E-state index in [1.807, 2.05) is 27.7 Å². The fourth-order valence-corrected chi connectivity index (χ4v) is 1.88. The molecule has 0 nitrogen and oxygen atoms in total. The van der Waals surface area contributed by atoms with Gasteiger partial charge < -0.3 is 0 Å². The molecule has 15 heavy (non-hydrogen) atoms. The first kappa shape index (κ1) is 14.2. The molecule has 0 saturated heterocycles. The molecule has 0 heteroatoms. The Morgan fingerprint density at radius 3 is 2.07 bits per heavy atom. The van der Waals surface area contributed by atoms with Gasteiger partial charge in [-0.1, -0.05) is 58.9 Å². The van der Waals surface area contributed by atoms with Crippen LogP contribution in [0, 0.1) is 5.92 Å². The Hall–Kier alpha value is -0.780. The molecule has 0 unspecified atom stereocenters. The molecule has 2 rings (SSSR count). The third kappa shape index (κ3) is 4.51. The van der Waals surface area contributed by atoms with Crippen molar-refractivity contribution in [3.8, 4) is 0 Å². The Morgan fingerprint density at radius 1 is 0.933 bits per heavy atom. The molecule has 1 aliphatic rings. The van der Waals surface area contributed by atoms with Crippen molar-refractivity contribution in [2.75, 3.05) is 0 Å². The van der Waals surface area contributed by atoms with Gasteiger partial charge in [-0.25, -0.2) is 0 Å². The van der Waals surface area contributed by atoms with Crippen LogP contribution >= 0.6 is 0 Å². The highest BCUT2D eigenvalue weighted by atomic mass is 14.2. The van der Waals surface area contributed by atoms with E-state index in [0.29, 0.717) is 0 Å². The first-order chi connectivity index (χ1) is 7.36. The summed E-state index contributed by atoms with van der Waals surface area (Å²) in [4.78, 5) is 0. The lowest BCUT2D eigenvalue weighted by Crippen LogP contribution is -2.10. The molecule has 0 bridgehead atoms. The maximum Gasteiger partial charge on any atom is -0.0250 e. The summed E-state index contributed by atoms with van der Waals surface area (Å²) in [5.41, 5.74) is 3.15. The zero-order chi connectivity index (χ0) is 11.7. The number of aryl methyl sites for hydroxylation is 1. The highest BCUT2D eigenvalue weighted by molar-refractivity contribution is 5.29. The van der Waals surface area contributed by atoms with Crippen LogP contribution in [-0.4, -0.2) is 0 Å². The van der Waals surface area contributed by atoms with Gasteiger partial charge in [-0.2, -0.15) is 0 Å². The van der Waals surface area contributed by atoms with E-state index in [2.05, 4.69) is 31.2 Å². The van der Waals surface area contributed by atoms with Crippen LogP contribution in [0.15, 0.2) is 24.3 Å². The topological polar surface area (TPSA) is 0 Å². The normalized spacial score (nSPS) is 17.5. The van der Waals surface area contributed by atoms with E-state index in [9.17, 15) is 0 Å². The van der Waals surface area contributed by atoms with Crippen LogP contribution in [-0.2, 0) is 12.8 Å². The molecule has 0 amide bonds. The molecule has 1 aliphatic carbocycles. The van der Waals surface area contributed by atoms with Gasteiger partial charge in [0.2, 0.25) is 0 Å². The Labute approximate surface area is 95.7 Å². The second-order valence-corrected chi connectivity index (χ2v) is 3.62. The summed E-state index contributed by atoms with van der Waals surface area (Å²) in [6.45, 7) is 10.3. The van der Waals surface area contributed by atoms with Gasteiger partial charge in [-0.3, -0.25) is 0 Å². The molecule has 86 valence electrons. The van der Waals surface area contributed by atoms with Crippen LogP contribution in [0.25, 0.3) is 0 Å². The van der Waals surface area contributed by atoms with Crippen molar-refractivity contribution in [1.29, 1.82) is 0 Å². The molecule has 1 atom stereocenters. The lowest BCUT2D eigenvalue weighted by molar-refractivity contribution is 0.501. The van der Waals surface area contributed by atoms with Crippen molar-refractivity contribution < 1.29 is 0 Å². The minimum atomic E-state index is 0.893. The van der Waals surface area contributed by atoms with Crippen LogP contribution in [0.1, 0.15) is 52.2 Å². The van der Waals surface area contributed by atoms with Crippen molar-refractivity contribution in [1.82, 2.24) is 0 Å². The summed E-state index contributed by atoms with van der Waals surface area (Å²) < 4.78 is 0. The van der Waals surface area contributed by atoms with Gasteiger partial charge in [0.25, 0.3) is 0 Å². The summed E-state index contributed by atoms with van der Waals surface area (Å²) in [7, 11) is 0. The molecular formula is C15H26. The van der Waals surface area contributed by atoms with E-state index < -0.39 is 0 Å². The smallest absolute Gasteiger partial charge is 0.0250 e. The second-order valence-electron chi connectivity index (χ2n) is 3.62. The monoisotopic (exact) mass is 206 g/mol. The van der Waals surface area contributed by atoms with Crippen LogP contribution in [0.4, 0.5) is 0 Å². The first-order valence-electron chi connectivity index (χ1n) is 6.43. The van der Waals surface area contributed by atoms with Gasteiger partial charge >= 0.3 is 0 Å². The summed E-state index contributed by atoms with van der Waals surface area (Å²) in [5, 5.41) is 0. The highest BCUT2D eigenvalue weighted by Crippen LogP contribution is 2.24. The van der Waals surface area contributed by atoms with E-state index in [1.54, 1.807) is 11.1 Å². The van der Waals surface area contributed by atoms with Gasteiger partial charge in [0.15, 0.2) is 0 Å². The number of benzene rings is 1. The molecule has 0 aromatic heterocycles. The van der Waals surface area contributed by atoms with E-state index in [0.717, 1.165) is 5.92 Å². The average molecular weight is 206 g/mol. The maximum atomic E-state index is 2.34. The van der Waals surface area contributed by atoms with Crippen LogP contribution in [0.3, 0.4) is 0 Å². The molecule has 1 aromatic carbocycles. The minimum absolute atomic E-state index is 0.893. The van der Waals surface area contributed by atoms with E-state index in [1.165, 1.54) is 19.3 Å². The minimum Gasteiger partial charge on any atom is -0.0683 e. The lowest BCUT2D eigenvalue weighted by atomic mass is 9.85. The highest BCUT2D eigenvalue weighted by Gasteiger charge is 2.13. The predicted octanol–water partition coefficient (Wildman–Crippen LogP) is 4.86. The number of hydrogen-bond acceptors (Lipinski definition) is 0. The summed E-state index contributed by atoms with van der Waals surface area (Å²) >= 11 is 0. The summed E-state index contributed by atoms with van der Waals surface area (Å²) in [5.74, 6) is 0.893. The number of fused-ring (bicyclic) bond motifs is 1. The number of rotatable bonds is 0. The maximum absolute atomic E-state index is 2.34. The van der Waals surface area contributed by atoms with Gasteiger partial charge in [0, 0.05) is 0 Å². The van der Waals surface area contributed by atoms with E-state index >= 15 is 0 Å². The third-order valence-corrected chi connectivity index (χ3v) is 2.59. The molecule has 0 fully saturated rings. The zero-order valence-electron chi connectivity index (χ0n) is 11.0. The molecule has 0 N–H and O–H groups in total. The van der Waals surface area contributed by atoms with Crippen LogP contribution < -0.4 is 0 Å². The lowest BCUT2D eigenvalue weighted by Gasteiger charge is -2.20. The zero-order valence-corrected chi connectivity index (χ0v) is 11.0.